The Labute approximate surface area is 59.9 Å². The fourth-order valence-corrected chi connectivity index (χ4v) is 0.215. The Balaban J connectivity index is 0.000000162. The highest BCUT2D eigenvalue weighted by atomic mass is 16.1. The molecule has 0 fully saturated rings. The molecule has 0 spiro atoms. The van der Waals surface area contributed by atoms with Gasteiger partial charge in [-0.25, -0.2) is 0 Å². The molecule has 0 bridgehead atoms. The third-order valence-corrected chi connectivity index (χ3v) is 0.617. The number of hydrogen-bond donors (Lipinski definition) is 1. The van der Waals surface area contributed by atoms with E-state index < -0.39 is 0 Å². The number of aromatic nitrogens is 2. The minimum Gasteiger partial charge on any atom is -0.351 e. The van der Waals surface area contributed by atoms with E-state index in [1.54, 1.807) is 26.5 Å². The molecule has 1 aromatic heterocycles. The van der Waals surface area contributed by atoms with Crippen molar-refractivity contribution in [1.29, 1.82) is 0 Å². The van der Waals surface area contributed by atoms with Gasteiger partial charge in [-0.2, -0.15) is 5.10 Å². The molecule has 4 heteroatoms. The average Bonchev–Trinajstić information content (AvgIpc) is 2.43. The first-order valence-electron chi connectivity index (χ1n) is 2.83. The predicted octanol–water partition coefficient (Wildman–Crippen LogP) is 0.114. The van der Waals surface area contributed by atoms with Gasteiger partial charge in [-0.05, 0) is 6.07 Å². The number of rotatable bonds is 1. The number of amides is 1. The standard InChI is InChI=1S/C3H4N2.C3H7NO/c1-2-4-5-3-1;1-4(2)3-5/h1-3H,(H,4,5);3H,1-2H3. The molecule has 0 saturated carbocycles. The molecule has 1 N–H and O–H groups in total. The second-order valence-corrected chi connectivity index (χ2v) is 1.84. The van der Waals surface area contributed by atoms with Crippen LogP contribution in [-0.4, -0.2) is 35.6 Å². The van der Waals surface area contributed by atoms with E-state index in [1.807, 2.05) is 6.07 Å². The quantitative estimate of drug-likeness (QED) is 0.564. The third kappa shape index (κ3) is 6.68. The van der Waals surface area contributed by atoms with Crippen LogP contribution in [0.15, 0.2) is 18.5 Å². The van der Waals surface area contributed by atoms with Crippen molar-refractivity contribution in [1.82, 2.24) is 15.1 Å². The number of nitrogens with one attached hydrogen (secondary N) is 1. The molecule has 4 nitrogen and oxygen atoms in total. The fraction of sp³-hybridized carbons (Fsp3) is 0.333. The van der Waals surface area contributed by atoms with Crippen LogP contribution in [0.1, 0.15) is 0 Å². The third-order valence-electron chi connectivity index (χ3n) is 0.617. The zero-order chi connectivity index (χ0) is 7.82. The van der Waals surface area contributed by atoms with E-state index in [0.717, 1.165) is 6.41 Å². The van der Waals surface area contributed by atoms with Crippen molar-refractivity contribution >= 4 is 6.41 Å². The molecule has 0 atom stereocenters. The smallest absolute Gasteiger partial charge is 0.209 e. The maximum Gasteiger partial charge on any atom is 0.209 e. The molecule has 1 amide bonds. The summed E-state index contributed by atoms with van der Waals surface area (Å²) >= 11 is 0. The summed E-state index contributed by atoms with van der Waals surface area (Å²) in [5.41, 5.74) is 0. The van der Waals surface area contributed by atoms with Gasteiger partial charge in [0.05, 0.1) is 0 Å². The van der Waals surface area contributed by atoms with Gasteiger partial charge in [0.15, 0.2) is 0 Å². The highest BCUT2D eigenvalue weighted by Gasteiger charge is 1.68. The minimum atomic E-state index is 0.750. The molecule has 0 aliphatic rings. The lowest BCUT2D eigenvalue weighted by molar-refractivity contribution is -0.115. The number of H-pyrrole nitrogens is 1. The van der Waals surface area contributed by atoms with Crippen molar-refractivity contribution in [2.75, 3.05) is 14.1 Å². The van der Waals surface area contributed by atoms with E-state index in [0.29, 0.717) is 0 Å². The predicted molar refractivity (Wildman–Crippen MR) is 38.3 cm³/mol. The Morgan fingerprint density at radius 3 is 2.30 bits per heavy atom. The van der Waals surface area contributed by atoms with Crippen molar-refractivity contribution < 1.29 is 4.79 Å². The Hall–Kier alpha value is -1.32. The van der Waals surface area contributed by atoms with Gasteiger partial charge in [-0.3, -0.25) is 9.89 Å². The van der Waals surface area contributed by atoms with Crippen molar-refractivity contribution in [3.8, 4) is 0 Å². The highest BCUT2D eigenvalue weighted by Crippen LogP contribution is 1.64. The zero-order valence-electron chi connectivity index (χ0n) is 6.11. The Morgan fingerprint density at radius 2 is 2.20 bits per heavy atom. The van der Waals surface area contributed by atoms with Crippen LogP contribution >= 0.6 is 0 Å². The SMILES string of the molecule is CN(C)C=O.c1cn[nH]c1. The molecule has 0 aromatic carbocycles. The number of aromatic amines is 1. The molecule has 0 aliphatic carbocycles. The van der Waals surface area contributed by atoms with Crippen molar-refractivity contribution in [3.05, 3.63) is 18.5 Å². The number of hydrogen-bond acceptors (Lipinski definition) is 2. The molecular weight excluding hydrogens is 130 g/mol. The van der Waals surface area contributed by atoms with Gasteiger partial charge < -0.3 is 4.90 Å². The molecule has 0 unspecified atom stereocenters. The first-order valence-corrected chi connectivity index (χ1v) is 2.83. The lowest BCUT2D eigenvalue weighted by Crippen LogP contribution is -2.06. The van der Waals surface area contributed by atoms with Crippen molar-refractivity contribution in [2.24, 2.45) is 0 Å². The van der Waals surface area contributed by atoms with Crippen LogP contribution in [-0.2, 0) is 4.79 Å². The monoisotopic (exact) mass is 141 g/mol. The van der Waals surface area contributed by atoms with Crippen molar-refractivity contribution in [3.63, 3.8) is 0 Å². The summed E-state index contributed by atoms with van der Waals surface area (Å²) in [7, 11) is 3.38. The van der Waals surface area contributed by atoms with Gasteiger partial charge in [-0.1, -0.05) is 0 Å². The molecule has 0 saturated heterocycles. The summed E-state index contributed by atoms with van der Waals surface area (Å²) in [5, 5.41) is 6.21. The molecule has 10 heavy (non-hydrogen) atoms. The normalized spacial score (nSPS) is 7.40. The van der Waals surface area contributed by atoms with Crippen LogP contribution in [0.2, 0.25) is 0 Å². The van der Waals surface area contributed by atoms with E-state index in [-0.39, 0.29) is 0 Å². The van der Waals surface area contributed by atoms with E-state index in [1.165, 1.54) is 4.90 Å². The largest absolute Gasteiger partial charge is 0.351 e. The van der Waals surface area contributed by atoms with Gasteiger partial charge in [0.1, 0.15) is 0 Å². The van der Waals surface area contributed by atoms with E-state index >= 15 is 0 Å². The lowest BCUT2D eigenvalue weighted by atomic mass is 10.8. The summed E-state index contributed by atoms with van der Waals surface area (Å²) in [5.74, 6) is 0. The fourth-order valence-electron chi connectivity index (χ4n) is 0.215. The van der Waals surface area contributed by atoms with Crippen LogP contribution in [0.5, 0.6) is 0 Å². The molecular formula is C6H11N3O. The molecule has 56 valence electrons. The van der Waals surface area contributed by atoms with Gasteiger partial charge >= 0.3 is 0 Å². The second-order valence-electron chi connectivity index (χ2n) is 1.84. The first-order chi connectivity index (χ1) is 4.77. The summed E-state index contributed by atoms with van der Waals surface area (Å²) in [6.45, 7) is 0. The van der Waals surface area contributed by atoms with Crippen LogP contribution < -0.4 is 0 Å². The summed E-state index contributed by atoms with van der Waals surface area (Å²) in [6, 6.07) is 1.83. The van der Waals surface area contributed by atoms with E-state index in [9.17, 15) is 4.79 Å². The molecule has 1 aromatic rings. The van der Waals surface area contributed by atoms with Gasteiger partial charge in [0.2, 0.25) is 6.41 Å². The Morgan fingerprint density at radius 1 is 1.60 bits per heavy atom. The van der Waals surface area contributed by atoms with Crippen molar-refractivity contribution in [2.45, 2.75) is 0 Å². The van der Waals surface area contributed by atoms with E-state index in [2.05, 4.69) is 10.2 Å². The molecule has 0 radical (unpaired) electrons. The topological polar surface area (TPSA) is 49.0 Å². The maximum atomic E-state index is 9.43. The number of carbonyl (C=O) groups is 1. The summed E-state index contributed by atoms with van der Waals surface area (Å²) in [6.07, 6.45) is 4.21. The number of nitrogens with zero attached hydrogens (tertiary/aromatic N) is 2. The highest BCUT2D eigenvalue weighted by molar-refractivity contribution is 5.45. The van der Waals surface area contributed by atoms with Gasteiger partial charge in [0, 0.05) is 26.5 Å². The van der Waals surface area contributed by atoms with Gasteiger partial charge in [0.25, 0.3) is 0 Å². The lowest BCUT2D eigenvalue weighted by Gasteiger charge is -1.93. The first kappa shape index (κ1) is 8.68. The van der Waals surface area contributed by atoms with E-state index in [4.69, 9.17) is 0 Å². The molecule has 0 aliphatic heterocycles. The van der Waals surface area contributed by atoms with Crippen LogP contribution in [0.4, 0.5) is 0 Å². The minimum absolute atomic E-state index is 0.750. The second kappa shape index (κ2) is 5.81. The summed E-state index contributed by atoms with van der Waals surface area (Å²) < 4.78 is 0. The zero-order valence-corrected chi connectivity index (χ0v) is 6.11. The Bertz CT molecular complexity index is 131. The summed E-state index contributed by atoms with van der Waals surface area (Å²) in [4.78, 5) is 10.9. The van der Waals surface area contributed by atoms with Crippen LogP contribution in [0.25, 0.3) is 0 Å². The molecule has 1 heterocycles. The van der Waals surface area contributed by atoms with Gasteiger partial charge in [-0.15, -0.1) is 0 Å². The average molecular weight is 141 g/mol. The molecule has 1 rings (SSSR count). The number of carbonyl (C=O) groups excluding carboxylic acids is 1. The maximum absolute atomic E-state index is 9.43. The van der Waals surface area contributed by atoms with Crippen LogP contribution in [0.3, 0.4) is 0 Å². The Kier molecular flexibility index (Phi) is 5.04. The van der Waals surface area contributed by atoms with Crippen LogP contribution in [0, 0.1) is 0 Å².